The van der Waals surface area contributed by atoms with Gasteiger partial charge >= 0.3 is 0 Å². The monoisotopic (exact) mass is 298 g/mol. The van der Waals surface area contributed by atoms with Crippen LogP contribution in [0.15, 0.2) is 47.8 Å². The number of fused-ring (bicyclic) bond motifs is 2. The van der Waals surface area contributed by atoms with Crippen molar-refractivity contribution in [3.05, 3.63) is 59.0 Å². The lowest BCUT2D eigenvalue weighted by molar-refractivity contribution is 0.140. The van der Waals surface area contributed by atoms with E-state index >= 15 is 0 Å². The van der Waals surface area contributed by atoms with Crippen LogP contribution in [0.5, 0.6) is 11.5 Å². The van der Waals surface area contributed by atoms with Crippen LogP contribution in [-0.2, 0) is 6.61 Å². The number of ether oxygens (including phenoxy) is 2. The van der Waals surface area contributed by atoms with Crippen molar-refractivity contribution in [3.63, 3.8) is 0 Å². The quantitative estimate of drug-likeness (QED) is 0.797. The third-order valence-corrected chi connectivity index (χ3v) is 4.71. The molecule has 1 atom stereocenters. The predicted octanol–water partition coefficient (Wildman–Crippen LogP) is 3.91. The van der Waals surface area contributed by atoms with E-state index in [1.165, 1.54) is 15.6 Å². The van der Waals surface area contributed by atoms with Gasteiger partial charge < -0.3 is 14.6 Å². The molecule has 4 heteroatoms. The average Bonchev–Trinajstić information content (AvgIpc) is 3.09. The Kier molecular flexibility index (Phi) is 3.05. The molecule has 1 aromatic heterocycles. The minimum Gasteiger partial charge on any atom is -0.490 e. The third kappa shape index (κ3) is 2.26. The fourth-order valence-electron chi connectivity index (χ4n) is 2.57. The first-order chi connectivity index (χ1) is 10.3. The van der Waals surface area contributed by atoms with Crippen molar-refractivity contribution in [2.24, 2.45) is 0 Å². The molecule has 0 fully saturated rings. The zero-order valence-electron chi connectivity index (χ0n) is 11.3. The van der Waals surface area contributed by atoms with Crippen LogP contribution in [0.4, 0.5) is 0 Å². The minimum atomic E-state index is -0.519. The third-order valence-electron chi connectivity index (χ3n) is 3.70. The molecule has 0 saturated heterocycles. The molecular weight excluding hydrogens is 284 g/mol. The largest absolute Gasteiger partial charge is 0.490 e. The number of aliphatic hydroxyl groups is 1. The van der Waals surface area contributed by atoms with Gasteiger partial charge in [-0.15, -0.1) is 11.3 Å². The van der Waals surface area contributed by atoms with Crippen LogP contribution in [0.3, 0.4) is 0 Å². The number of thiophene rings is 1. The molecule has 0 bridgehead atoms. The summed E-state index contributed by atoms with van der Waals surface area (Å²) in [5, 5.41) is 13.1. The van der Waals surface area contributed by atoms with Crippen molar-refractivity contribution in [1.82, 2.24) is 0 Å². The summed E-state index contributed by atoms with van der Waals surface area (Å²) in [6.07, 6.45) is -0.519. The first kappa shape index (κ1) is 12.7. The Bertz CT molecular complexity index is 794. The normalized spacial score (nSPS) is 16.7. The smallest absolute Gasteiger partial charge is 0.129 e. The second-order valence-corrected chi connectivity index (χ2v) is 5.98. The lowest BCUT2D eigenvalue weighted by atomic mass is 10.1. The molecule has 1 aliphatic rings. The highest BCUT2D eigenvalue weighted by molar-refractivity contribution is 7.17. The van der Waals surface area contributed by atoms with Crippen molar-refractivity contribution in [3.8, 4) is 11.5 Å². The zero-order chi connectivity index (χ0) is 14.2. The van der Waals surface area contributed by atoms with Gasteiger partial charge in [0.25, 0.3) is 0 Å². The SMILES string of the molecule is OC1COc2cc(OCc3csc4ccccc34)ccc21. The maximum Gasteiger partial charge on any atom is 0.129 e. The van der Waals surface area contributed by atoms with E-state index in [0.717, 1.165) is 17.1 Å². The van der Waals surface area contributed by atoms with E-state index in [-0.39, 0.29) is 0 Å². The molecule has 4 rings (SSSR count). The minimum absolute atomic E-state index is 0.327. The molecule has 3 aromatic rings. The Labute approximate surface area is 126 Å². The second-order valence-electron chi connectivity index (χ2n) is 5.07. The average molecular weight is 298 g/mol. The van der Waals surface area contributed by atoms with Gasteiger partial charge in [0.15, 0.2) is 0 Å². The molecular formula is C17H14O3S. The van der Waals surface area contributed by atoms with Crippen molar-refractivity contribution in [2.45, 2.75) is 12.7 Å². The van der Waals surface area contributed by atoms with E-state index in [2.05, 4.69) is 17.5 Å². The number of hydrogen-bond donors (Lipinski definition) is 1. The summed E-state index contributed by atoms with van der Waals surface area (Å²) in [4.78, 5) is 0. The van der Waals surface area contributed by atoms with E-state index in [1.807, 2.05) is 30.3 Å². The number of benzene rings is 2. The summed E-state index contributed by atoms with van der Waals surface area (Å²) in [5.74, 6) is 1.48. The van der Waals surface area contributed by atoms with E-state index in [0.29, 0.717) is 13.2 Å². The molecule has 106 valence electrons. The standard InChI is InChI=1S/C17H14O3S/c18-15-9-20-16-7-12(5-6-14(15)16)19-8-11-10-21-17-4-2-1-3-13(11)17/h1-7,10,15,18H,8-9H2. The molecule has 3 nitrogen and oxygen atoms in total. The van der Waals surface area contributed by atoms with E-state index in [4.69, 9.17) is 9.47 Å². The fourth-order valence-corrected chi connectivity index (χ4v) is 3.52. The number of rotatable bonds is 3. The van der Waals surface area contributed by atoms with Crippen molar-refractivity contribution >= 4 is 21.4 Å². The predicted molar refractivity (Wildman–Crippen MR) is 83.1 cm³/mol. The summed E-state index contributed by atoms with van der Waals surface area (Å²) in [7, 11) is 0. The van der Waals surface area contributed by atoms with Gasteiger partial charge in [-0.2, -0.15) is 0 Å². The van der Waals surface area contributed by atoms with E-state index in [1.54, 1.807) is 11.3 Å². The molecule has 21 heavy (non-hydrogen) atoms. The van der Waals surface area contributed by atoms with Crippen LogP contribution in [0.25, 0.3) is 10.1 Å². The van der Waals surface area contributed by atoms with Crippen LogP contribution in [-0.4, -0.2) is 11.7 Å². The first-order valence-corrected chi connectivity index (χ1v) is 7.72. The molecule has 0 aliphatic carbocycles. The lowest BCUT2D eigenvalue weighted by Gasteiger charge is -2.07. The van der Waals surface area contributed by atoms with Gasteiger partial charge in [0.05, 0.1) is 0 Å². The summed E-state index contributed by atoms with van der Waals surface area (Å²) in [6, 6.07) is 13.9. The molecule has 1 unspecified atom stereocenters. The molecule has 0 saturated carbocycles. The van der Waals surface area contributed by atoms with E-state index in [9.17, 15) is 5.11 Å². The lowest BCUT2D eigenvalue weighted by Crippen LogP contribution is -1.97. The maximum atomic E-state index is 9.71. The molecule has 0 amide bonds. The fraction of sp³-hybridized carbons (Fsp3) is 0.176. The van der Waals surface area contributed by atoms with Crippen LogP contribution in [0, 0.1) is 0 Å². The van der Waals surface area contributed by atoms with Gasteiger partial charge in [-0.1, -0.05) is 18.2 Å². The van der Waals surface area contributed by atoms with Gasteiger partial charge in [-0.3, -0.25) is 0 Å². The van der Waals surface area contributed by atoms with E-state index < -0.39 is 6.10 Å². The number of aliphatic hydroxyl groups excluding tert-OH is 1. The highest BCUT2D eigenvalue weighted by Crippen LogP contribution is 2.35. The van der Waals surface area contributed by atoms with Crippen LogP contribution in [0.2, 0.25) is 0 Å². The number of hydrogen-bond acceptors (Lipinski definition) is 4. The Morgan fingerprint density at radius 3 is 3.10 bits per heavy atom. The van der Waals surface area contributed by atoms with Gasteiger partial charge in [0, 0.05) is 21.9 Å². The highest BCUT2D eigenvalue weighted by Gasteiger charge is 2.22. The summed E-state index contributed by atoms with van der Waals surface area (Å²) >= 11 is 1.73. The molecule has 2 heterocycles. The van der Waals surface area contributed by atoms with Crippen LogP contribution < -0.4 is 9.47 Å². The van der Waals surface area contributed by atoms with Gasteiger partial charge in [-0.25, -0.2) is 0 Å². The van der Waals surface area contributed by atoms with Gasteiger partial charge in [-0.05, 0) is 29.0 Å². The molecule has 0 spiro atoms. The first-order valence-electron chi connectivity index (χ1n) is 6.84. The Morgan fingerprint density at radius 1 is 1.24 bits per heavy atom. The van der Waals surface area contributed by atoms with Crippen molar-refractivity contribution in [2.75, 3.05) is 6.61 Å². The molecule has 2 aromatic carbocycles. The summed E-state index contributed by atoms with van der Waals surface area (Å²) < 4.78 is 12.6. The molecule has 1 N–H and O–H groups in total. The zero-order valence-corrected chi connectivity index (χ0v) is 12.1. The molecule has 0 radical (unpaired) electrons. The highest BCUT2D eigenvalue weighted by atomic mass is 32.1. The topological polar surface area (TPSA) is 38.7 Å². The second kappa shape index (κ2) is 5.06. The Balaban J connectivity index is 1.55. The summed E-state index contributed by atoms with van der Waals surface area (Å²) in [5.41, 5.74) is 2.03. The van der Waals surface area contributed by atoms with Crippen LogP contribution in [0.1, 0.15) is 17.2 Å². The van der Waals surface area contributed by atoms with Crippen LogP contribution >= 0.6 is 11.3 Å². The molecule has 1 aliphatic heterocycles. The van der Waals surface area contributed by atoms with Crippen molar-refractivity contribution < 1.29 is 14.6 Å². The summed E-state index contributed by atoms with van der Waals surface area (Å²) in [6.45, 7) is 0.860. The maximum absolute atomic E-state index is 9.71. The van der Waals surface area contributed by atoms with Crippen molar-refractivity contribution in [1.29, 1.82) is 0 Å². The Hall–Kier alpha value is -2.04. The van der Waals surface area contributed by atoms with Gasteiger partial charge in [0.2, 0.25) is 0 Å². The van der Waals surface area contributed by atoms with Gasteiger partial charge in [0.1, 0.15) is 30.8 Å². The Morgan fingerprint density at radius 2 is 2.14 bits per heavy atom.